The number of rotatable bonds is 8. The van der Waals surface area contributed by atoms with Crippen molar-refractivity contribution in [1.82, 2.24) is 0 Å². The molecule has 1 amide bonds. The lowest BCUT2D eigenvalue weighted by atomic mass is 10.1. The minimum absolute atomic E-state index is 0.193. The molecule has 16 heteroatoms. The van der Waals surface area contributed by atoms with Crippen LogP contribution >= 0.6 is 0 Å². The van der Waals surface area contributed by atoms with Gasteiger partial charge < -0.3 is 19.5 Å². The molecule has 0 bridgehead atoms. The van der Waals surface area contributed by atoms with Gasteiger partial charge in [0, 0.05) is 18.2 Å². The topological polar surface area (TPSA) is 163 Å². The number of halogens is 3. The molecule has 2 N–H and O–H groups in total. The third-order valence-electron chi connectivity index (χ3n) is 5.65. The number of non-ortho nitro benzene ring substituents is 1. The lowest BCUT2D eigenvalue weighted by Crippen LogP contribution is -2.31. The van der Waals surface area contributed by atoms with Crippen molar-refractivity contribution >= 4 is 39.0 Å². The number of carbonyl (C=O) groups excluding carboxylic acids is 2. The van der Waals surface area contributed by atoms with E-state index < -0.39 is 56.0 Å². The van der Waals surface area contributed by atoms with Crippen LogP contribution in [0.4, 0.5) is 30.2 Å². The highest BCUT2D eigenvalue weighted by molar-refractivity contribution is 7.92. The molecule has 0 spiro atoms. The number of alkyl halides is 3. The second-order valence-corrected chi connectivity index (χ2v) is 10.2. The van der Waals surface area contributed by atoms with Crippen molar-refractivity contribution in [2.75, 3.05) is 23.3 Å². The Labute approximate surface area is 230 Å². The fourth-order valence-corrected chi connectivity index (χ4v) is 4.74. The summed E-state index contributed by atoms with van der Waals surface area (Å²) in [6.07, 6.45) is -6.69. The zero-order valence-electron chi connectivity index (χ0n) is 20.9. The van der Waals surface area contributed by atoms with Gasteiger partial charge in [0.2, 0.25) is 0 Å². The first-order chi connectivity index (χ1) is 19.3. The third kappa shape index (κ3) is 6.66. The highest BCUT2D eigenvalue weighted by atomic mass is 32.2. The second kappa shape index (κ2) is 11.3. The number of anilines is 2. The van der Waals surface area contributed by atoms with Crippen LogP contribution in [0.3, 0.4) is 0 Å². The molecule has 3 aromatic carbocycles. The van der Waals surface area contributed by atoms with Gasteiger partial charge in [-0.05, 0) is 37.3 Å². The smallest absolute Gasteiger partial charge is 0.418 e. The van der Waals surface area contributed by atoms with Gasteiger partial charge in [-0.3, -0.25) is 19.6 Å². The second-order valence-electron chi connectivity index (χ2n) is 8.48. The number of amides is 1. The van der Waals surface area contributed by atoms with Gasteiger partial charge in [-0.15, -0.1) is 0 Å². The van der Waals surface area contributed by atoms with Crippen LogP contribution in [0.15, 0.2) is 65.6 Å². The van der Waals surface area contributed by atoms with Crippen LogP contribution in [0, 0.1) is 10.1 Å². The van der Waals surface area contributed by atoms with Crippen LogP contribution < -0.4 is 19.5 Å². The largest absolute Gasteiger partial charge is 0.486 e. The van der Waals surface area contributed by atoms with E-state index in [-0.39, 0.29) is 34.6 Å². The van der Waals surface area contributed by atoms with Crippen molar-refractivity contribution in [3.05, 3.63) is 81.9 Å². The minimum atomic E-state index is -5.04. The van der Waals surface area contributed by atoms with E-state index in [1.807, 2.05) is 5.32 Å². The minimum Gasteiger partial charge on any atom is -0.486 e. The quantitative estimate of drug-likeness (QED) is 0.219. The predicted molar refractivity (Wildman–Crippen MR) is 136 cm³/mol. The molecule has 0 fully saturated rings. The molecule has 41 heavy (non-hydrogen) atoms. The number of hydrogen-bond donors (Lipinski definition) is 2. The summed E-state index contributed by atoms with van der Waals surface area (Å²) < 4.78 is 84.5. The van der Waals surface area contributed by atoms with Gasteiger partial charge in [0.1, 0.15) is 13.2 Å². The molecule has 1 atom stereocenters. The number of nitrogens with one attached hydrogen (secondary N) is 2. The molecule has 0 unspecified atom stereocenters. The van der Waals surface area contributed by atoms with Crippen molar-refractivity contribution in [3.63, 3.8) is 0 Å². The molecule has 12 nitrogen and oxygen atoms in total. The highest BCUT2D eigenvalue weighted by Gasteiger charge is 2.36. The third-order valence-corrected chi connectivity index (χ3v) is 7.01. The summed E-state index contributed by atoms with van der Waals surface area (Å²) >= 11 is 0. The number of esters is 1. The van der Waals surface area contributed by atoms with Crippen LogP contribution in [0.5, 0.6) is 11.5 Å². The van der Waals surface area contributed by atoms with Crippen LogP contribution in [-0.4, -0.2) is 44.5 Å². The summed E-state index contributed by atoms with van der Waals surface area (Å²) in [5.41, 5.74) is -3.60. The van der Waals surface area contributed by atoms with Gasteiger partial charge in [0.15, 0.2) is 17.6 Å². The Morgan fingerprint density at radius 2 is 1.68 bits per heavy atom. The van der Waals surface area contributed by atoms with Crippen LogP contribution in [0.25, 0.3) is 0 Å². The molecule has 1 heterocycles. The van der Waals surface area contributed by atoms with E-state index in [1.165, 1.54) is 42.5 Å². The number of carbonyl (C=O) groups is 2. The molecule has 3 aromatic rings. The van der Waals surface area contributed by atoms with Crippen molar-refractivity contribution in [1.29, 1.82) is 0 Å². The van der Waals surface area contributed by atoms with Crippen LogP contribution in [-0.2, 0) is 25.7 Å². The number of benzene rings is 3. The average Bonchev–Trinajstić information content (AvgIpc) is 2.92. The Bertz CT molecular complexity index is 1630. The molecule has 0 aliphatic carbocycles. The van der Waals surface area contributed by atoms with Gasteiger partial charge >= 0.3 is 12.1 Å². The van der Waals surface area contributed by atoms with E-state index >= 15 is 0 Å². The predicted octanol–water partition coefficient (Wildman–Crippen LogP) is 4.37. The van der Waals surface area contributed by atoms with Gasteiger partial charge in [-0.1, -0.05) is 12.1 Å². The lowest BCUT2D eigenvalue weighted by molar-refractivity contribution is -0.385. The fourth-order valence-electron chi connectivity index (χ4n) is 3.65. The number of fused-ring (bicyclic) bond motifs is 1. The SMILES string of the molecule is C[C@@H](OC(=O)c1ccccc1NS(=O)(=O)c1ccc2c(c1)OCCO2)C(=O)Nc1ccc([N+](=O)[O-])cc1C(F)(F)F. The maximum absolute atomic E-state index is 13.4. The molecule has 216 valence electrons. The van der Waals surface area contributed by atoms with Gasteiger partial charge in [-0.25, -0.2) is 13.2 Å². The molecular weight excluding hydrogens is 575 g/mol. The first-order valence-corrected chi connectivity index (χ1v) is 13.1. The molecule has 1 aliphatic heterocycles. The number of para-hydroxylation sites is 1. The number of nitro groups is 1. The first kappa shape index (κ1) is 29.1. The molecule has 1 aliphatic rings. The molecule has 4 rings (SSSR count). The summed E-state index contributed by atoms with van der Waals surface area (Å²) in [6.45, 7) is 1.61. The number of ether oxygens (including phenoxy) is 3. The average molecular weight is 596 g/mol. The fraction of sp³-hybridized carbons (Fsp3) is 0.200. The zero-order chi connectivity index (χ0) is 29.9. The summed E-state index contributed by atoms with van der Waals surface area (Å²) in [5.74, 6) is -1.75. The van der Waals surface area contributed by atoms with E-state index in [0.29, 0.717) is 18.4 Å². The van der Waals surface area contributed by atoms with E-state index in [2.05, 4.69) is 4.72 Å². The van der Waals surface area contributed by atoms with Gasteiger partial charge in [0.05, 0.1) is 32.3 Å². The van der Waals surface area contributed by atoms with E-state index in [9.17, 15) is 41.3 Å². The highest BCUT2D eigenvalue weighted by Crippen LogP contribution is 2.37. The zero-order valence-corrected chi connectivity index (χ0v) is 21.7. The van der Waals surface area contributed by atoms with E-state index in [4.69, 9.17) is 14.2 Å². The molecule has 0 saturated heterocycles. The Hall–Kier alpha value is -4.86. The maximum Gasteiger partial charge on any atom is 0.418 e. The Kier molecular flexibility index (Phi) is 8.05. The molecule has 0 aromatic heterocycles. The number of hydrogen-bond acceptors (Lipinski definition) is 9. The first-order valence-electron chi connectivity index (χ1n) is 11.7. The van der Waals surface area contributed by atoms with E-state index in [0.717, 1.165) is 13.0 Å². The summed E-state index contributed by atoms with van der Waals surface area (Å²) in [5, 5.41) is 12.8. The van der Waals surface area contributed by atoms with Crippen LogP contribution in [0.2, 0.25) is 0 Å². The Morgan fingerprint density at radius 1 is 1.00 bits per heavy atom. The monoisotopic (exact) mass is 595 g/mol. The van der Waals surface area contributed by atoms with Gasteiger partial charge in [-0.2, -0.15) is 13.2 Å². The number of nitrogens with zero attached hydrogens (tertiary/aromatic N) is 1. The standard InChI is InChI=1S/C25H20F3N3O9S/c1-14(23(32)29-20-8-6-15(31(34)35)12-18(20)25(26,27)28)40-24(33)17-4-2-3-5-19(17)30-41(36,37)16-7-9-21-22(13-16)39-11-10-38-21/h2-9,12-14,30H,10-11H2,1H3,(H,29,32)/t14-/m1/s1. The Morgan fingerprint density at radius 3 is 2.37 bits per heavy atom. The molecule has 0 radical (unpaired) electrons. The Balaban J connectivity index is 1.50. The van der Waals surface area contributed by atoms with Gasteiger partial charge in [0.25, 0.3) is 21.6 Å². The lowest BCUT2D eigenvalue weighted by Gasteiger charge is -2.19. The molecule has 0 saturated carbocycles. The summed E-state index contributed by atoms with van der Waals surface area (Å²) in [7, 11) is -4.24. The van der Waals surface area contributed by atoms with Crippen molar-refractivity contribution in [2.24, 2.45) is 0 Å². The molecular formula is C25H20F3N3O9S. The maximum atomic E-state index is 13.4. The van der Waals surface area contributed by atoms with Crippen molar-refractivity contribution in [3.8, 4) is 11.5 Å². The van der Waals surface area contributed by atoms with E-state index in [1.54, 1.807) is 0 Å². The van der Waals surface area contributed by atoms with Crippen molar-refractivity contribution in [2.45, 2.75) is 24.1 Å². The normalized spacial score (nSPS) is 13.6. The number of sulfonamides is 1. The summed E-state index contributed by atoms with van der Waals surface area (Å²) in [6, 6.07) is 11.0. The summed E-state index contributed by atoms with van der Waals surface area (Å²) in [4.78, 5) is 35.1. The van der Waals surface area contributed by atoms with Crippen LogP contribution in [0.1, 0.15) is 22.8 Å². The number of nitro benzene ring substituents is 1. The van der Waals surface area contributed by atoms with Crippen molar-refractivity contribution < 1.29 is 50.3 Å².